The molecule has 0 saturated carbocycles. The zero-order valence-electron chi connectivity index (χ0n) is 13.0. The van der Waals surface area contributed by atoms with E-state index in [1.807, 2.05) is 25.1 Å². The van der Waals surface area contributed by atoms with Gasteiger partial charge < -0.3 is 19.7 Å². The summed E-state index contributed by atoms with van der Waals surface area (Å²) in [5.41, 5.74) is 3.20. The number of hydrogen-bond donors (Lipinski definition) is 2. The van der Waals surface area contributed by atoms with E-state index < -0.39 is 0 Å². The van der Waals surface area contributed by atoms with Crippen molar-refractivity contribution in [2.45, 2.75) is 32.9 Å². The molecule has 0 aliphatic carbocycles. The van der Waals surface area contributed by atoms with Crippen LogP contribution in [-0.4, -0.2) is 23.5 Å². The Balaban J connectivity index is 1.82. The fraction of sp³-hybridized carbons (Fsp3) is 0.471. The molecule has 0 saturated heterocycles. The van der Waals surface area contributed by atoms with E-state index in [1.54, 1.807) is 0 Å². The van der Waals surface area contributed by atoms with Gasteiger partial charge in [0.1, 0.15) is 11.5 Å². The summed E-state index contributed by atoms with van der Waals surface area (Å²) in [5.74, 6) is 1.79. The van der Waals surface area contributed by atoms with Crippen LogP contribution in [0.15, 0.2) is 28.8 Å². The molecule has 5 heteroatoms. The Labute approximate surface area is 130 Å². The van der Waals surface area contributed by atoms with Crippen molar-refractivity contribution >= 4 is 0 Å². The van der Waals surface area contributed by atoms with Gasteiger partial charge in [-0.3, -0.25) is 0 Å². The normalized spacial score (nSPS) is 20.5. The maximum absolute atomic E-state index is 9.65. The Kier molecular flexibility index (Phi) is 4.45. The van der Waals surface area contributed by atoms with Crippen LogP contribution in [0.1, 0.15) is 35.5 Å². The molecule has 22 heavy (non-hydrogen) atoms. The average molecular weight is 302 g/mol. The van der Waals surface area contributed by atoms with Crippen molar-refractivity contribution in [2.24, 2.45) is 5.92 Å². The van der Waals surface area contributed by atoms with Crippen LogP contribution in [0.3, 0.4) is 0 Å². The van der Waals surface area contributed by atoms with Gasteiger partial charge in [0.25, 0.3) is 0 Å². The lowest BCUT2D eigenvalue weighted by Gasteiger charge is -2.33. The largest absolute Gasteiger partial charge is 0.493 e. The molecule has 0 fully saturated rings. The molecule has 2 aromatic rings. The Bertz CT molecular complexity index is 639. The first-order valence-electron chi connectivity index (χ1n) is 7.74. The van der Waals surface area contributed by atoms with Crippen molar-refractivity contribution in [2.75, 3.05) is 13.2 Å². The molecule has 0 bridgehead atoms. The number of fused-ring (bicyclic) bond motifs is 1. The Morgan fingerprint density at radius 1 is 1.36 bits per heavy atom. The summed E-state index contributed by atoms with van der Waals surface area (Å²) < 4.78 is 11.0. The van der Waals surface area contributed by atoms with Crippen molar-refractivity contribution in [1.29, 1.82) is 0 Å². The van der Waals surface area contributed by atoms with Gasteiger partial charge in [-0.25, -0.2) is 0 Å². The number of para-hydroxylation sites is 1. The van der Waals surface area contributed by atoms with Crippen LogP contribution >= 0.6 is 0 Å². The topological polar surface area (TPSA) is 67.5 Å². The van der Waals surface area contributed by atoms with Gasteiger partial charge in [-0.05, 0) is 19.4 Å². The quantitative estimate of drug-likeness (QED) is 0.887. The van der Waals surface area contributed by atoms with Crippen molar-refractivity contribution in [1.82, 2.24) is 10.5 Å². The highest BCUT2D eigenvalue weighted by atomic mass is 16.5. The van der Waals surface area contributed by atoms with Crippen LogP contribution in [0.2, 0.25) is 0 Å². The van der Waals surface area contributed by atoms with Crippen LogP contribution in [0.5, 0.6) is 5.75 Å². The molecule has 3 rings (SSSR count). The number of benzene rings is 1. The molecule has 1 aliphatic heterocycles. The first kappa shape index (κ1) is 15.1. The Hall–Kier alpha value is -1.85. The molecule has 0 unspecified atom stereocenters. The molecule has 118 valence electrons. The predicted octanol–water partition coefficient (Wildman–Crippen LogP) is 2.38. The molecule has 0 radical (unpaired) electrons. The van der Waals surface area contributed by atoms with Gasteiger partial charge in [0, 0.05) is 29.6 Å². The van der Waals surface area contributed by atoms with Gasteiger partial charge in [0.2, 0.25) is 0 Å². The van der Waals surface area contributed by atoms with Crippen LogP contribution in [0, 0.1) is 12.8 Å². The van der Waals surface area contributed by atoms with E-state index in [0.717, 1.165) is 34.8 Å². The zero-order chi connectivity index (χ0) is 15.5. The summed E-state index contributed by atoms with van der Waals surface area (Å²) in [7, 11) is 0. The van der Waals surface area contributed by atoms with Gasteiger partial charge in [0.15, 0.2) is 0 Å². The van der Waals surface area contributed by atoms with E-state index in [0.29, 0.717) is 13.2 Å². The van der Waals surface area contributed by atoms with Gasteiger partial charge in [-0.15, -0.1) is 0 Å². The highest BCUT2D eigenvalue weighted by Crippen LogP contribution is 2.35. The number of rotatable bonds is 5. The van der Waals surface area contributed by atoms with Crippen LogP contribution in [0.4, 0.5) is 0 Å². The Morgan fingerprint density at radius 3 is 2.95 bits per heavy atom. The average Bonchev–Trinajstić information content (AvgIpc) is 2.92. The molecule has 2 atom stereocenters. The monoisotopic (exact) mass is 302 g/mol. The number of ether oxygens (including phenoxy) is 1. The summed E-state index contributed by atoms with van der Waals surface area (Å²) >= 11 is 0. The molecular formula is C17H22N2O3. The standard InChI is InChI=1S/C17H22N2O3/c1-3-15-14(11(2)22-19-15)8-18-17-12(9-20)10-21-16-7-5-4-6-13(16)17/h4-7,12,17-18,20H,3,8-10H2,1-2H3/t12-,17-/m1/s1. The summed E-state index contributed by atoms with van der Waals surface area (Å²) in [6, 6.07) is 8.05. The molecule has 5 nitrogen and oxygen atoms in total. The first-order chi connectivity index (χ1) is 10.7. The fourth-order valence-corrected chi connectivity index (χ4v) is 3.00. The van der Waals surface area contributed by atoms with Crippen LogP contribution in [0.25, 0.3) is 0 Å². The number of nitrogens with one attached hydrogen (secondary N) is 1. The summed E-state index contributed by atoms with van der Waals surface area (Å²) in [5, 5.41) is 17.3. The molecule has 1 aromatic carbocycles. The lowest BCUT2D eigenvalue weighted by Crippen LogP contribution is -2.37. The van der Waals surface area contributed by atoms with Gasteiger partial charge in [-0.1, -0.05) is 30.3 Å². The molecule has 0 amide bonds. The number of aliphatic hydroxyl groups is 1. The second-order valence-electron chi connectivity index (χ2n) is 5.67. The third-order valence-electron chi connectivity index (χ3n) is 4.31. The van der Waals surface area contributed by atoms with Crippen molar-refractivity contribution in [3.63, 3.8) is 0 Å². The van der Waals surface area contributed by atoms with E-state index in [4.69, 9.17) is 9.26 Å². The van der Waals surface area contributed by atoms with E-state index in [1.165, 1.54) is 0 Å². The van der Waals surface area contributed by atoms with Gasteiger partial charge >= 0.3 is 0 Å². The molecule has 0 spiro atoms. The van der Waals surface area contributed by atoms with E-state index in [2.05, 4.69) is 23.5 Å². The SMILES string of the molecule is CCc1noc(C)c1CN[C@H]1c2ccccc2OC[C@H]1CO. The van der Waals surface area contributed by atoms with Crippen molar-refractivity contribution in [3.8, 4) is 5.75 Å². The van der Waals surface area contributed by atoms with E-state index in [-0.39, 0.29) is 18.6 Å². The summed E-state index contributed by atoms with van der Waals surface area (Å²) in [4.78, 5) is 0. The van der Waals surface area contributed by atoms with Crippen molar-refractivity contribution < 1.29 is 14.4 Å². The summed E-state index contributed by atoms with van der Waals surface area (Å²) in [6.07, 6.45) is 0.849. The van der Waals surface area contributed by atoms with Crippen molar-refractivity contribution in [3.05, 3.63) is 46.8 Å². The minimum atomic E-state index is 0.0418. The smallest absolute Gasteiger partial charge is 0.138 e. The third-order valence-corrected chi connectivity index (χ3v) is 4.31. The Morgan fingerprint density at radius 2 is 2.18 bits per heavy atom. The fourth-order valence-electron chi connectivity index (χ4n) is 3.00. The number of aromatic nitrogens is 1. The van der Waals surface area contributed by atoms with Gasteiger partial charge in [0.05, 0.1) is 18.9 Å². The van der Waals surface area contributed by atoms with Gasteiger partial charge in [-0.2, -0.15) is 0 Å². The minimum absolute atomic E-state index is 0.0418. The first-order valence-corrected chi connectivity index (χ1v) is 7.74. The molecule has 2 N–H and O–H groups in total. The lowest BCUT2D eigenvalue weighted by molar-refractivity contribution is 0.110. The number of aliphatic hydroxyl groups excluding tert-OH is 1. The highest BCUT2D eigenvalue weighted by Gasteiger charge is 2.30. The second-order valence-corrected chi connectivity index (χ2v) is 5.67. The van der Waals surface area contributed by atoms with Crippen LogP contribution in [-0.2, 0) is 13.0 Å². The number of aryl methyl sites for hydroxylation is 2. The van der Waals surface area contributed by atoms with E-state index in [9.17, 15) is 5.11 Å². The predicted molar refractivity (Wildman–Crippen MR) is 82.7 cm³/mol. The second kappa shape index (κ2) is 6.50. The molecule has 1 aliphatic rings. The van der Waals surface area contributed by atoms with Crippen LogP contribution < -0.4 is 10.1 Å². The lowest BCUT2D eigenvalue weighted by atomic mass is 9.91. The summed E-state index contributed by atoms with van der Waals surface area (Å²) in [6.45, 7) is 5.30. The number of hydrogen-bond acceptors (Lipinski definition) is 5. The highest BCUT2D eigenvalue weighted by molar-refractivity contribution is 5.38. The molecular weight excluding hydrogens is 280 g/mol. The molecule has 1 aromatic heterocycles. The molecule has 2 heterocycles. The third kappa shape index (κ3) is 2.74. The van der Waals surface area contributed by atoms with E-state index >= 15 is 0 Å². The maximum atomic E-state index is 9.65. The zero-order valence-corrected chi connectivity index (χ0v) is 13.0. The number of nitrogens with zero attached hydrogens (tertiary/aromatic N) is 1. The minimum Gasteiger partial charge on any atom is -0.493 e. The maximum Gasteiger partial charge on any atom is 0.138 e.